The van der Waals surface area contributed by atoms with Gasteiger partial charge in [0.1, 0.15) is 0 Å². The second-order valence-corrected chi connectivity index (χ2v) is 7.58. The van der Waals surface area contributed by atoms with Crippen LogP contribution in [0.15, 0.2) is 54.6 Å². The van der Waals surface area contributed by atoms with Gasteiger partial charge in [0.25, 0.3) is 0 Å². The molecule has 1 heterocycles. The van der Waals surface area contributed by atoms with Crippen molar-refractivity contribution < 1.29 is 19.0 Å². The summed E-state index contributed by atoms with van der Waals surface area (Å²) in [6.45, 7) is 10.00. The van der Waals surface area contributed by atoms with E-state index in [1.807, 2.05) is 44.2 Å². The van der Waals surface area contributed by atoms with Crippen molar-refractivity contribution in [1.82, 2.24) is 4.90 Å². The van der Waals surface area contributed by atoms with Crippen molar-refractivity contribution in [2.75, 3.05) is 27.3 Å². The van der Waals surface area contributed by atoms with Crippen LogP contribution in [0.4, 0.5) is 4.79 Å². The van der Waals surface area contributed by atoms with E-state index >= 15 is 0 Å². The molecule has 2 aromatic carbocycles. The Morgan fingerprint density at radius 1 is 1.03 bits per heavy atom. The molecule has 1 saturated heterocycles. The normalized spacial score (nSPS) is 15.4. The summed E-state index contributed by atoms with van der Waals surface area (Å²) < 4.78 is 15.8. The molecule has 0 aromatic heterocycles. The monoisotopic (exact) mass is 443 g/mol. The van der Waals surface area contributed by atoms with Crippen LogP contribution in [0.3, 0.4) is 0 Å². The van der Waals surface area contributed by atoms with Crippen LogP contribution in [0.2, 0.25) is 0 Å². The molecule has 0 spiro atoms. The molecule has 2 atom stereocenters. The average molecular weight is 444 g/mol. The van der Waals surface area contributed by atoms with E-state index in [0.29, 0.717) is 5.92 Å². The highest BCUT2D eigenvalue weighted by atomic mass is 16.5. The van der Waals surface area contributed by atoms with Crippen LogP contribution in [0.1, 0.15) is 52.5 Å². The lowest BCUT2D eigenvalue weighted by Crippen LogP contribution is -2.28. The molecule has 2 aromatic rings. The fourth-order valence-corrected chi connectivity index (χ4v) is 3.47. The number of ether oxygens (including phenoxy) is 3. The minimum absolute atomic E-state index is 0.163. The minimum atomic E-state index is -0.180. The summed E-state index contributed by atoms with van der Waals surface area (Å²) >= 11 is 0. The average Bonchev–Trinajstić information content (AvgIpc) is 3.34. The van der Waals surface area contributed by atoms with Gasteiger partial charge in [0.05, 0.1) is 20.3 Å². The summed E-state index contributed by atoms with van der Waals surface area (Å²) in [5.74, 6) is 2.29. The van der Waals surface area contributed by atoms with Gasteiger partial charge in [0.2, 0.25) is 0 Å². The maximum absolute atomic E-state index is 11.0. The second-order valence-electron chi connectivity index (χ2n) is 7.58. The number of hydrogen-bond donors (Lipinski definition) is 0. The van der Waals surface area contributed by atoms with Crippen molar-refractivity contribution in [3.8, 4) is 11.5 Å². The van der Waals surface area contributed by atoms with E-state index in [0.717, 1.165) is 50.3 Å². The fraction of sp³-hybridized carbons (Fsp3) is 0.519. The number of likely N-dealkylation sites (tertiary alicyclic amines) is 1. The lowest BCUT2D eigenvalue weighted by atomic mass is 10.1. The zero-order chi connectivity index (χ0) is 23.8. The molecule has 5 nitrogen and oxygen atoms in total. The van der Waals surface area contributed by atoms with Gasteiger partial charge < -0.3 is 19.1 Å². The van der Waals surface area contributed by atoms with Crippen molar-refractivity contribution in [2.24, 2.45) is 5.92 Å². The van der Waals surface area contributed by atoms with Crippen LogP contribution in [-0.2, 0) is 11.2 Å². The van der Waals surface area contributed by atoms with Crippen LogP contribution < -0.4 is 9.47 Å². The number of methoxy groups -OCH3 is 2. The van der Waals surface area contributed by atoms with Gasteiger partial charge in [0.15, 0.2) is 11.5 Å². The first kappa shape index (κ1) is 27.3. The summed E-state index contributed by atoms with van der Waals surface area (Å²) in [6.07, 6.45) is 4.29. The van der Waals surface area contributed by atoms with E-state index in [4.69, 9.17) is 9.47 Å². The van der Waals surface area contributed by atoms with Crippen LogP contribution in [0.25, 0.3) is 0 Å². The number of rotatable bonds is 7. The zero-order valence-corrected chi connectivity index (χ0v) is 20.7. The van der Waals surface area contributed by atoms with Gasteiger partial charge in [-0.05, 0) is 49.8 Å². The lowest BCUT2D eigenvalue weighted by molar-refractivity contribution is 0.131. The molecule has 178 valence electrons. The predicted octanol–water partition coefficient (Wildman–Crippen LogP) is 6.61. The number of aryl methyl sites for hydroxylation is 1. The standard InChI is InChI=1S/C17H20O2.C8H15NO2.C2H6/c1-14(12-13-15-8-4-3-5-9-15)19-17-11-7-6-10-16(17)18-2;1-3-7-4-5-9(6-7)8(10)11-2;1-2/h3-11,14H,12-13H2,1-2H3;7H,3-6H2,1-2H3;1-2H3. The molecule has 2 unspecified atom stereocenters. The Morgan fingerprint density at radius 2 is 1.66 bits per heavy atom. The minimum Gasteiger partial charge on any atom is -0.493 e. The van der Waals surface area contributed by atoms with Gasteiger partial charge in [-0.15, -0.1) is 0 Å². The Bertz CT molecular complexity index is 750. The topological polar surface area (TPSA) is 48.0 Å². The quantitative estimate of drug-likeness (QED) is 0.483. The number of carbonyl (C=O) groups excluding carboxylic acids is 1. The second kappa shape index (κ2) is 16.0. The molecular formula is C27H41NO4. The first-order valence-electron chi connectivity index (χ1n) is 11.7. The van der Waals surface area contributed by atoms with Crippen molar-refractivity contribution in [2.45, 2.75) is 59.5 Å². The van der Waals surface area contributed by atoms with E-state index in [-0.39, 0.29) is 12.2 Å². The van der Waals surface area contributed by atoms with E-state index < -0.39 is 0 Å². The summed E-state index contributed by atoms with van der Waals surface area (Å²) in [5.41, 5.74) is 1.35. The SMILES string of the molecule is CC.CCC1CCN(C(=O)OC)C1.COc1ccccc1OC(C)CCc1ccccc1. The summed E-state index contributed by atoms with van der Waals surface area (Å²) in [7, 11) is 3.10. The third-order valence-electron chi connectivity index (χ3n) is 5.38. The molecule has 32 heavy (non-hydrogen) atoms. The van der Waals surface area contributed by atoms with E-state index in [9.17, 15) is 4.79 Å². The number of amides is 1. The van der Waals surface area contributed by atoms with Crippen molar-refractivity contribution >= 4 is 6.09 Å². The fourth-order valence-electron chi connectivity index (χ4n) is 3.47. The number of benzene rings is 2. The van der Waals surface area contributed by atoms with Crippen molar-refractivity contribution in [3.63, 3.8) is 0 Å². The molecule has 1 amide bonds. The Balaban J connectivity index is 0.000000335. The molecule has 0 N–H and O–H groups in total. The lowest BCUT2D eigenvalue weighted by Gasteiger charge is -2.16. The van der Waals surface area contributed by atoms with E-state index in [2.05, 4.69) is 42.8 Å². The van der Waals surface area contributed by atoms with Gasteiger partial charge >= 0.3 is 6.09 Å². The Kier molecular flexibility index (Phi) is 13.7. The van der Waals surface area contributed by atoms with Gasteiger partial charge in [-0.3, -0.25) is 0 Å². The van der Waals surface area contributed by atoms with Gasteiger partial charge in [-0.1, -0.05) is 69.7 Å². The molecular weight excluding hydrogens is 402 g/mol. The number of hydrogen-bond acceptors (Lipinski definition) is 4. The number of carbonyl (C=O) groups is 1. The summed E-state index contributed by atoms with van der Waals surface area (Å²) in [6, 6.07) is 18.2. The van der Waals surface area contributed by atoms with Gasteiger partial charge in [-0.25, -0.2) is 4.79 Å². The maximum Gasteiger partial charge on any atom is 0.409 e. The third kappa shape index (κ3) is 9.63. The zero-order valence-electron chi connectivity index (χ0n) is 20.7. The third-order valence-corrected chi connectivity index (χ3v) is 5.38. The Labute approximate surface area is 194 Å². The van der Waals surface area contributed by atoms with Gasteiger partial charge in [-0.2, -0.15) is 0 Å². The van der Waals surface area contributed by atoms with Crippen LogP contribution in [0.5, 0.6) is 11.5 Å². The van der Waals surface area contributed by atoms with Gasteiger partial charge in [0, 0.05) is 13.1 Å². The number of para-hydroxylation sites is 2. The molecule has 1 aliphatic rings. The smallest absolute Gasteiger partial charge is 0.409 e. The largest absolute Gasteiger partial charge is 0.493 e. The molecule has 1 fully saturated rings. The summed E-state index contributed by atoms with van der Waals surface area (Å²) in [4.78, 5) is 12.8. The molecule has 5 heteroatoms. The van der Waals surface area contributed by atoms with Crippen LogP contribution >= 0.6 is 0 Å². The van der Waals surface area contributed by atoms with Crippen molar-refractivity contribution in [3.05, 3.63) is 60.2 Å². The highest BCUT2D eigenvalue weighted by Crippen LogP contribution is 2.27. The first-order valence-corrected chi connectivity index (χ1v) is 11.7. The van der Waals surface area contributed by atoms with Crippen molar-refractivity contribution in [1.29, 1.82) is 0 Å². The predicted molar refractivity (Wildman–Crippen MR) is 132 cm³/mol. The molecule has 1 aliphatic heterocycles. The molecule has 0 bridgehead atoms. The first-order chi connectivity index (χ1) is 15.6. The molecule has 3 rings (SSSR count). The molecule has 0 saturated carbocycles. The van der Waals surface area contributed by atoms with Crippen LogP contribution in [0, 0.1) is 5.92 Å². The van der Waals surface area contributed by atoms with Crippen LogP contribution in [-0.4, -0.2) is 44.4 Å². The van der Waals surface area contributed by atoms with E-state index in [1.54, 1.807) is 12.0 Å². The van der Waals surface area contributed by atoms with E-state index in [1.165, 1.54) is 12.7 Å². The highest BCUT2D eigenvalue weighted by Gasteiger charge is 2.25. The summed E-state index contributed by atoms with van der Waals surface area (Å²) in [5, 5.41) is 0. The Hall–Kier alpha value is -2.69. The molecule has 0 radical (unpaired) electrons. The maximum atomic E-state index is 11.0. The highest BCUT2D eigenvalue weighted by molar-refractivity contribution is 5.67. The Morgan fingerprint density at radius 3 is 2.22 bits per heavy atom. The molecule has 0 aliphatic carbocycles. The number of nitrogens with zero attached hydrogens (tertiary/aromatic N) is 1.